The lowest BCUT2D eigenvalue weighted by atomic mass is 10.2. The molecule has 0 bridgehead atoms. The van der Waals surface area contributed by atoms with Gasteiger partial charge in [0, 0.05) is 35.8 Å². The quantitative estimate of drug-likeness (QED) is 0.939. The Balaban J connectivity index is 1.94. The van der Waals surface area contributed by atoms with Crippen LogP contribution in [0.2, 0.25) is 5.02 Å². The van der Waals surface area contributed by atoms with Crippen molar-refractivity contribution in [3.63, 3.8) is 0 Å². The highest BCUT2D eigenvalue weighted by molar-refractivity contribution is 9.10. The standard InChI is InChI=1S/C12H13BrClN3/c1-17-11(4-5-16-17)8-15-7-9-6-10(14)2-3-12(9)13/h2-6,15H,7-8H2,1H3. The summed E-state index contributed by atoms with van der Waals surface area (Å²) in [6.07, 6.45) is 1.80. The molecule has 0 saturated carbocycles. The van der Waals surface area contributed by atoms with Crippen molar-refractivity contribution in [2.75, 3.05) is 0 Å². The molecule has 0 aliphatic rings. The van der Waals surface area contributed by atoms with Crippen LogP contribution in [0.15, 0.2) is 34.9 Å². The largest absolute Gasteiger partial charge is 0.307 e. The zero-order chi connectivity index (χ0) is 12.3. The Labute approximate surface area is 114 Å². The number of benzene rings is 1. The number of nitrogens with zero attached hydrogens (tertiary/aromatic N) is 2. The molecule has 0 saturated heterocycles. The van der Waals surface area contributed by atoms with Gasteiger partial charge in [-0.05, 0) is 29.8 Å². The molecule has 0 fully saturated rings. The van der Waals surface area contributed by atoms with Gasteiger partial charge in [0.25, 0.3) is 0 Å². The number of aromatic nitrogens is 2. The zero-order valence-corrected chi connectivity index (χ0v) is 11.8. The van der Waals surface area contributed by atoms with E-state index < -0.39 is 0 Å². The first kappa shape index (κ1) is 12.6. The van der Waals surface area contributed by atoms with Gasteiger partial charge in [-0.25, -0.2) is 0 Å². The Hall–Kier alpha value is -0.840. The van der Waals surface area contributed by atoms with E-state index in [0.717, 1.165) is 33.8 Å². The van der Waals surface area contributed by atoms with Gasteiger partial charge >= 0.3 is 0 Å². The van der Waals surface area contributed by atoms with E-state index in [1.807, 2.05) is 36.0 Å². The fourth-order valence-corrected chi connectivity index (χ4v) is 2.16. The van der Waals surface area contributed by atoms with Crippen molar-refractivity contribution in [3.05, 3.63) is 51.2 Å². The third-order valence-electron chi connectivity index (χ3n) is 2.55. The van der Waals surface area contributed by atoms with Crippen LogP contribution in [-0.2, 0) is 20.1 Å². The van der Waals surface area contributed by atoms with Crippen molar-refractivity contribution in [2.45, 2.75) is 13.1 Å². The van der Waals surface area contributed by atoms with Crippen molar-refractivity contribution < 1.29 is 0 Å². The first-order valence-electron chi connectivity index (χ1n) is 5.28. The number of nitrogens with one attached hydrogen (secondary N) is 1. The normalized spacial score (nSPS) is 10.8. The summed E-state index contributed by atoms with van der Waals surface area (Å²) in [5.74, 6) is 0. The van der Waals surface area contributed by atoms with E-state index in [1.54, 1.807) is 6.20 Å². The van der Waals surface area contributed by atoms with Crippen LogP contribution in [0.4, 0.5) is 0 Å². The molecule has 1 aromatic heterocycles. The average molecular weight is 315 g/mol. The van der Waals surface area contributed by atoms with Gasteiger partial charge in [-0.2, -0.15) is 5.10 Å². The van der Waals surface area contributed by atoms with E-state index in [1.165, 1.54) is 0 Å². The molecular weight excluding hydrogens is 302 g/mol. The second-order valence-electron chi connectivity index (χ2n) is 3.79. The van der Waals surface area contributed by atoms with Crippen LogP contribution in [-0.4, -0.2) is 9.78 Å². The molecule has 2 rings (SSSR count). The molecule has 3 nitrogen and oxygen atoms in total. The average Bonchev–Trinajstić information content (AvgIpc) is 2.70. The van der Waals surface area contributed by atoms with E-state index in [9.17, 15) is 0 Å². The predicted octanol–water partition coefficient (Wildman–Crippen LogP) is 3.13. The fourth-order valence-electron chi connectivity index (χ4n) is 1.58. The molecular formula is C12H13BrClN3. The molecule has 1 N–H and O–H groups in total. The molecule has 17 heavy (non-hydrogen) atoms. The highest BCUT2D eigenvalue weighted by Gasteiger charge is 2.02. The van der Waals surface area contributed by atoms with Crippen LogP contribution < -0.4 is 5.32 Å². The number of hydrogen-bond acceptors (Lipinski definition) is 2. The Morgan fingerprint density at radius 1 is 1.35 bits per heavy atom. The molecule has 0 aliphatic heterocycles. The topological polar surface area (TPSA) is 29.9 Å². The highest BCUT2D eigenvalue weighted by atomic mass is 79.9. The van der Waals surface area contributed by atoms with E-state index >= 15 is 0 Å². The van der Waals surface area contributed by atoms with Crippen LogP contribution in [0, 0.1) is 0 Å². The first-order valence-corrected chi connectivity index (χ1v) is 6.45. The third-order valence-corrected chi connectivity index (χ3v) is 3.56. The summed E-state index contributed by atoms with van der Waals surface area (Å²) in [6, 6.07) is 7.79. The summed E-state index contributed by atoms with van der Waals surface area (Å²) in [7, 11) is 1.94. The van der Waals surface area contributed by atoms with Gasteiger partial charge in [0.2, 0.25) is 0 Å². The minimum Gasteiger partial charge on any atom is -0.307 e. The summed E-state index contributed by atoms with van der Waals surface area (Å²) in [5, 5.41) is 8.24. The maximum Gasteiger partial charge on any atom is 0.0518 e. The summed E-state index contributed by atoms with van der Waals surface area (Å²) in [4.78, 5) is 0. The van der Waals surface area contributed by atoms with Gasteiger partial charge in [-0.1, -0.05) is 27.5 Å². The molecule has 0 amide bonds. The minimum absolute atomic E-state index is 0.755. The van der Waals surface area contributed by atoms with E-state index in [-0.39, 0.29) is 0 Å². The zero-order valence-electron chi connectivity index (χ0n) is 9.45. The Kier molecular flexibility index (Phi) is 4.20. The van der Waals surface area contributed by atoms with Crippen molar-refractivity contribution in [2.24, 2.45) is 7.05 Å². The van der Waals surface area contributed by atoms with Gasteiger partial charge in [-0.3, -0.25) is 4.68 Å². The molecule has 2 aromatic rings. The van der Waals surface area contributed by atoms with E-state index in [4.69, 9.17) is 11.6 Å². The van der Waals surface area contributed by atoms with Crippen LogP contribution in [0.25, 0.3) is 0 Å². The second-order valence-corrected chi connectivity index (χ2v) is 5.08. The van der Waals surface area contributed by atoms with E-state index in [0.29, 0.717) is 0 Å². The van der Waals surface area contributed by atoms with Crippen LogP contribution in [0.5, 0.6) is 0 Å². The molecule has 0 spiro atoms. The molecule has 0 aliphatic carbocycles. The predicted molar refractivity (Wildman–Crippen MR) is 72.9 cm³/mol. The van der Waals surface area contributed by atoms with Crippen LogP contribution in [0.3, 0.4) is 0 Å². The number of hydrogen-bond donors (Lipinski definition) is 1. The van der Waals surface area contributed by atoms with Crippen LogP contribution >= 0.6 is 27.5 Å². The Bertz CT molecular complexity index is 510. The Morgan fingerprint density at radius 3 is 2.88 bits per heavy atom. The molecule has 0 unspecified atom stereocenters. The SMILES string of the molecule is Cn1nccc1CNCc1cc(Cl)ccc1Br. The molecule has 5 heteroatoms. The molecule has 1 aromatic carbocycles. The van der Waals surface area contributed by atoms with Crippen LogP contribution in [0.1, 0.15) is 11.3 Å². The molecule has 90 valence electrons. The van der Waals surface area contributed by atoms with Gasteiger partial charge in [-0.15, -0.1) is 0 Å². The minimum atomic E-state index is 0.755. The second kappa shape index (κ2) is 5.67. The van der Waals surface area contributed by atoms with Crippen molar-refractivity contribution in [3.8, 4) is 0 Å². The fraction of sp³-hybridized carbons (Fsp3) is 0.250. The molecule has 1 heterocycles. The van der Waals surface area contributed by atoms with Gasteiger partial charge in [0.15, 0.2) is 0 Å². The van der Waals surface area contributed by atoms with Gasteiger partial charge in [0.1, 0.15) is 0 Å². The number of halogens is 2. The lowest BCUT2D eigenvalue weighted by Gasteiger charge is -2.07. The van der Waals surface area contributed by atoms with Gasteiger partial charge in [0.05, 0.1) is 5.69 Å². The smallest absolute Gasteiger partial charge is 0.0518 e. The van der Waals surface area contributed by atoms with Crippen molar-refractivity contribution in [1.29, 1.82) is 0 Å². The summed E-state index contributed by atoms with van der Waals surface area (Å²) >= 11 is 9.47. The number of rotatable bonds is 4. The summed E-state index contributed by atoms with van der Waals surface area (Å²) < 4.78 is 2.93. The van der Waals surface area contributed by atoms with Crippen molar-refractivity contribution in [1.82, 2.24) is 15.1 Å². The maximum atomic E-state index is 5.96. The first-order chi connectivity index (χ1) is 8.16. The molecule has 0 radical (unpaired) electrons. The number of aryl methyl sites for hydroxylation is 1. The maximum absolute atomic E-state index is 5.96. The Morgan fingerprint density at radius 2 is 2.18 bits per heavy atom. The van der Waals surface area contributed by atoms with E-state index in [2.05, 4.69) is 26.3 Å². The van der Waals surface area contributed by atoms with Gasteiger partial charge < -0.3 is 5.32 Å². The van der Waals surface area contributed by atoms with Crippen molar-refractivity contribution >= 4 is 27.5 Å². The summed E-state index contributed by atoms with van der Waals surface area (Å²) in [6.45, 7) is 1.56. The lowest BCUT2D eigenvalue weighted by molar-refractivity contribution is 0.625. The summed E-state index contributed by atoms with van der Waals surface area (Å²) in [5.41, 5.74) is 2.31. The molecule has 0 atom stereocenters. The lowest BCUT2D eigenvalue weighted by Crippen LogP contribution is -2.15. The third kappa shape index (κ3) is 3.31. The highest BCUT2D eigenvalue weighted by Crippen LogP contribution is 2.20. The monoisotopic (exact) mass is 313 g/mol.